The summed E-state index contributed by atoms with van der Waals surface area (Å²) in [5.41, 5.74) is 1.06. The van der Waals surface area contributed by atoms with Gasteiger partial charge >= 0.3 is 10.1 Å². The molecule has 0 atom stereocenters. The molecule has 6 nitrogen and oxygen atoms in total. The summed E-state index contributed by atoms with van der Waals surface area (Å²) in [6.07, 6.45) is 2.55. The average Bonchev–Trinajstić information content (AvgIpc) is 2.83. The number of rotatable bonds is 5. The van der Waals surface area contributed by atoms with E-state index >= 15 is 0 Å². The Morgan fingerprint density at radius 2 is 1.92 bits per heavy atom. The summed E-state index contributed by atoms with van der Waals surface area (Å²) in [7, 11) is -3.65. The third-order valence-electron chi connectivity index (χ3n) is 3.39. The van der Waals surface area contributed by atoms with Gasteiger partial charge in [0.05, 0.1) is 18.4 Å². The van der Waals surface area contributed by atoms with Crippen molar-refractivity contribution in [3.05, 3.63) is 59.4 Å². The van der Waals surface area contributed by atoms with Gasteiger partial charge in [-0.2, -0.15) is 8.42 Å². The summed E-state index contributed by atoms with van der Waals surface area (Å²) in [4.78, 5) is 12.5. The molecule has 0 aliphatic carbocycles. The first-order valence-electron chi connectivity index (χ1n) is 7.57. The molecule has 0 saturated heterocycles. The van der Waals surface area contributed by atoms with Gasteiger partial charge in [0.15, 0.2) is 5.76 Å². The summed E-state index contributed by atoms with van der Waals surface area (Å²) in [6.45, 7) is 2.38. The van der Waals surface area contributed by atoms with Crippen molar-refractivity contribution < 1.29 is 26.9 Å². The number of Topliss-reactive ketones (excluding diaryl/α,β-unsaturated/α-hetero) is 1. The van der Waals surface area contributed by atoms with Crippen LogP contribution in [0.4, 0.5) is 0 Å². The van der Waals surface area contributed by atoms with Crippen LogP contribution in [0.15, 0.2) is 48.2 Å². The second-order valence-corrected chi connectivity index (χ2v) is 6.93. The number of hydrogen-bond acceptors (Lipinski definition) is 6. The van der Waals surface area contributed by atoms with Crippen molar-refractivity contribution in [1.29, 1.82) is 0 Å². The number of ether oxygens (including phenoxy) is 2. The number of hydrogen-bond donors (Lipinski definition) is 0. The monoisotopic (exact) mass is 360 g/mol. The third kappa shape index (κ3) is 3.83. The molecule has 0 aromatic heterocycles. The molecule has 0 N–H and O–H groups in total. The number of carbonyl (C=O) groups excluding carboxylic acids is 1. The van der Waals surface area contributed by atoms with Gasteiger partial charge in [0.1, 0.15) is 17.2 Å². The molecule has 0 unspecified atom stereocenters. The van der Waals surface area contributed by atoms with Crippen LogP contribution in [0.2, 0.25) is 0 Å². The van der Waals surface area contributed by atoms with Gasteiger partial charge in [-0.05, 0) is 31.2 Å². The van der Waals surface area contributed by atoms with Crippen LogP contribution in [0.5, 0.6) is 17.2 Å². The van der Waals surface area contributed by atoms with Gasteiger partial charge < -0.3 is 13.7 Å². The molecule has 3 rings (SSSR count). The Bertz CT molecular complexity index is 959. The first-order valence-corrected chi connectivity index (χ1v) is 9.38. The van der Waals surface area contributed by atoms with Gasteiger partial charge in [0.2, 0.25) is 5.78 Å². The smallest absolute Gasteiger partial charge is 0.306 e. The fourth-order valence-corrected chi connectivity index (χ4v) is 2.88. The molecule has 2 aromatic carbocycles. The number of benzene rings is 2. The standard InChI is InChI=1S/C18H16O6S/c1-3-22-15-7-5-4-6-12(15)10-17-18(19)14-9-8-13(11-16(14)23-17)24-25(2,20)21/h4-11H,3H2,1-2H3/b17-10-. The highest BCUT2D eigenvalue weighted by Gasteiger charge is 2.28. The largest absolute Gasteiger partial charge is 0.493 e. The van der Waals surface area contributed by atoms with Crippen LogP contribution in [-0.4, -0.2) is 27.1 Å². The van der Waals surface area contributed by atoms with Gasteiger partial charge in [-0.25, -0.2) is 0 Å². The Hall–Kier alpha value is -2.80. The van der Waals surface area contributed by atoms with Crippen molar-refractivity contribution in [3.8, 4) is 17.2 Å². The molecule has 1 heterocycles. The molecule has 0 bridgehead atoms. The molecule has 0 spiro atoms. The van der Waals surface area contributed by atoms with Crippen molar-refractivity contribution in [2.24, 2.45) is 0 Å². The molecule has 0 radical (unpaired) electrons. The number of para-hydroxylation sites is 1. The molecule has 0 amide bonds. The Balaban J connectivity index is 1.92. The van der Waals surface area contributed by atoms with E-state index in [1.807, 2.05) is 25.1 Å². The highest BCUT2D eigenvalue weighted by molar-refractivity contribution is 7.86. The summed E-state index contributed by atoms with van der Waals surface area (Å²) >= 11 is 0. The quantitative estimate of drug-likeness (QED) is 0.602. The van der Waals surface area contributed by atoms with E-state index in [0.717, 1.165) is 6.26 Å². The number of fused-ring (bicyclic) bond motifs is 1. The molecule has 25 heavy (non-hydrogen) atoms. The summed E-state index contributed by atoms with van der Waals surface area (Å²) in [5, 5.41) is 0. The normalized spacial score (nSPS) is 15.0. The van der Waals surface area contributed by atoms with E-state index in [-0.39, 0.29) is 23.0 Å². The number of ketones is 1. The van der Waals surface area contributed by atoms with Crippen LogP contribution < -0.4 is 13.7 Å². The van der Waals surface area contributed by atoms with Crippen molar-refractivity contribution in [1.82, 2.24) is 0 Å². The summed E-state index contributed by atoms with van der Waals surface area (Å²) in [6, 6.07) is 11.6. The maximum atomic E-state index is 12.5. The van der Waals surface area contributed by atoms with Crippen LogP contribution in [0.25, 0.3) is 6.08 Å². The lowest BCUT2D eigenvalue weighted by atomic mass is 10.1. The van der Waals surface area contributed by atoms with Crippen LogP contribution >= 0.6 is 0 Å². The number of carbonyl (C=O) groups is 1. The van der Waals surface area contributed by atoms with Gasteiger partial charge in [-0.15, -0.1) is 0 Å². The second kappa shape index (κ2) is 6.60. The Kier molecular flexibility index (Phi) is 4.50. The second-order valence-electron chi connectivity index (χ2n) is 5.36. The van der Waals surface area contributed by atoms with Crippen LogP contribution in [0.1, 0.15) is 22.8 Å². The Morgan fingerprint density at radius 1 is 1.16 bits per heavy atom. The zero-order valence-electron chi connectivity index (χ0n) is 13.7. The van der Waals surface area contributed by atoms with Gasteiger partial charge in [0.25, 0.3) is 0 Å². The van der Waals surface area contributed by atoms with Crippen molar-refractivity contribution in [3.63, 3.8) is 0 Å². The minimum atomic E-state index is -3.65. The predicted molar refractivity (Wildman–Crippen MR) is 92.5 cm³/mol. The van der Waals surface area contributed by atoms with E-state index in [4.69, 9.17) is 13.7 Å². The van der Waals surface area contributed by atoms with E-state index in [1.54, 1.807) is 12.1 Å². The van der Waals surface area contributed by atoms with Crippen LogP contribution in [0, 0.1) is 0 Å². The van der Waals surface area contributed by atoms with E-state index in [1.165, 1.54) is 18.2 Å². The first kappa shape index (κ1) is 17.0. The SMILES string of the molecule is CCOc1ccccc1/C=C1\Oc2cc(OS(C)(=O)=O)ccc2C1=O. The third-order valence-corrected chi connectivity index (χ3v) is 3.89. The Morgan fingerprint density at radius 3 is 2.64 bits per heavy atom. The number of allylic oxidation sites excluding steroid dienone is 1. The van der Waals surface area contributed by atoms with Crippen molar-refractivity contribution >= 4 is 22.0 Å². The lowest BCUT2D eigenvalue weighted by Crippen LogP contribution is -2.05. The average molecular weight is 360 g/mol. The molecular weight excluding hydrogens is 344 g/mol. The molecule has 1 aliphatic rings. The van der Waals surface area contributed by atoms with Crippen molar-refractivity contribution in [2.45, 2.75) is 6.92 Å². The van der Waals surface area contributed by atoms with Gasteiger partial charge in [-0.1, -0.05) is 18.2 Å². The maximum absolute atomic E-state index is 12.5. The minimum absolute atomic E-state index is 0.0880. The van der Waals surface area contributed by atoms with Gasteiger partial charge in [-0.3, -0.25) is 4.79 Å². The van der Waals surface area contributed by atoms with E-state index in [2.05, 4.69) is 0 Å². The zero-order chi connectivity index (χ0) is 18.0. The fourth-order valence-electron chi connectivity index (χ4n) is 2.42. The molecule has 130 valence electrons. The molecule has 0 fully saturated rings. The molecule has 0 saturated carbocycles. The first-order chi connectivity index (χ1) is 11.9. The van der Waals surface area contributed by atoms with Crippen LogP contribution in [-0.2, 0) is 10.1 Å². The summed E-state index contributed by atoms with van der Waals surface area (Å²) < 4.78 is 38.4. The minimum Gasteiger partial charge on any atom is -0.493 e. The topological polar surface area (TPSA) is 78.9 Å². The van der Waals surface area contributed by atoms with E-state index < -0.39 is 10.1 Å². The predicted octanol–water partition coefficient (Wildman–Crippen LogP) is 3.04. The molecule has 1 aliphatic heterocycles. The fraction of sp³-hybridized carbons (Fsp3) is 0.167. The van der Waals surface area contributed by atoms with E-state index in [0.29, 0.717) is 23.5 Å². The van der Waals surface area contributed by atoms with Gasteiger partial charge in [0, 0.05) is 11.6 Å². The highest BCUT2D eigenvalue weighted by atomic mass is 32.2. The zero-order valence-corrected chi connectivity index (χ0v) is 14.5. The lowest BCUT2D eigenvalue weighted by molar-refractivity contribution is 0.101. The molecule has 2 aromatic rings. The van der Waals surface area contributed by atoms with Crippen LogP contribution in [0.3, 0.4) is 0 Å². The maximum Gasteiger partial charge on any atom is 0.306 e. The lowest BCUT2D eigenvalue weighted by Gasteiger charge is -2.07. The molecular formula is C18H16O6S. The highest BCUT2D eigenvalue weighted by Crippen LogP contribution is 2.36. The van der Waals surface area contributed by atoms with E-state index in [9.17, 15) is 13.2 Å². The Labute approximate surface area is 145 Å². The van der Waals surface area contributed by atoms with Crippen molar-refractivity contribution in [2.75, 3.05) is 12.9 Å². The summed E-state index contributed by atoms with van der Waals surface area (Å²) in [5.74, 6) is 0.841. The molecule has 7 heteroatoms.